The van der Waals surface area contributed by atoms with Crippen molar-refractivity contribution in [1.29, 1.82) is 0 Å². The van der Waals surface area contributed by atoms with Crippen molar-refractivity contribution in [1.82, 2.24) is 0 Å². The summed E-state index contributed by atoms with van der Waals surface area (Å²) in [5, 5.41) is 0. The fraction of sp³-hybridized carbons (Fsp3) is 0.625. The van der Waals surface area contributed by atoms with Gasteiger partial charge in [-0.25, -0.2) is 0 Å². The first-order chi connectivity index (χ1) is 17.8. The molecule has 2 aliphatic carbocycles. The molecule has 0 radical (unpaired) electrons. The fourth-order valence-corrected chi connectivity index (χ4v) is 11.1. The van der Waals surface area contributed by atoms with Crippen LogP contribution in [0.2, 0.25) is 0 Å². The molecule has 5 rings (SSSR count). The first kappa shape index (κ1) is 27.4. The van der Waals surface area contributed by atoms with Crippen LogP contribution in [0.4, 0.5) is 0 Å². The molecule has 0 N–H and O–H groups in total. The summed E-state index contributed by atoms with van der Waals surface area (Å²) in [4.78, 5) is 0. The van der Waals surface area contributed by atoms with Gasteiger partial charge in [-0.05, 0) is 107 Å². The molecular formula is C32H44S4. The Balaban J connectivity index is 1.21. The lowest BCUT2D eigenvalue weighted by Crippen LogP contribution is -2.19. The normalized spacial score (nSPS) is 29.1. The van der Waals surface area contributed by atoms with Gasteiger partial charge in [0.1, 0.15) is 0 Å². The molecule has 0 unspecified atom stereocenters. The maximum absolute atomic E-state index is 2.49. The van der Waals surface area contributed by atoms with Crippen LogP contribution in [0, 0.1) is 23.7 Å². The highest BCUT2D eigenvalue weighted by atomic mass is 32.2. The van der Waals surface area contributed by atoms with Gasteiger partial charge in [0.15, 0.2) is 0 Å². The summed E-state index contributed by atoms with van der Waals surface area (Å²) in [6, 6.07) is 19.0. The van der Waals surface area contributed by atoms with Crippen molar-refractivity contribution in [2.75, 3.05) is 23.0 Å². The van der Waals surface area contributed by atoms with Crippen molar-refractivity contribution in [3.05, 3.63) is 70.8 Å². The lowest BCUT2D eigenvalue weighted by atomic mass is 9.83. The Bertz CT molecular complexity index is 790. The molecule has 0 amide bonds. The van der Waals surface area contributed by atoms with Gasteiger partial charge in [0, 0.05) is 23.0 Å². The Hall–Kier alpha value is -0.160. The summed E-state index contributed by atoms with van der Waals surface area (Å²) in [6.45, 7) is 0. The van der Waals surface area contributed by atoms with E-state index in [-0.39, 0.29) is 0 Å². The van der Waals surface area contributed by atoms with Gasteiger partial charge >= 0.3 is 0 Å². The molecule has 4 heteroatoms. The molecular weight excluding hydrogens is 513 g/mol. The van der Waals surface area contributed by atoms with Gasteiger partial charge in [0.2, 0.25) is 0 Å². The predicted octanol–water partition coefficient (Wildman–Crippen LogP) is 9.95. The summed E-state index contributed by atoms with van der Waals surface area (Å²) in [7, 11) is 0. The number of hydrogen-bond donors (Lipinski definition) is 0. The quantitative estimate of drug-likeness (QED) is 0.316. The third-order valence-corrected chi connectivity index (χ3v) is 13.2. The van der Waals surface area contributed by atoms with E-state index in [9.17, 15) is 0 Å². The van der Waals surface area contributed by atoms with Gasteiger partial charge in [-0.3, -0.25) is 0 Å². The van der Waals surface area contributed by atoms with Crippen LogP contribution in [0.15, 0.2) is 48.5 Å². The highest BCUT2D eigenvalue weighted by molar-refractivity contribution is 7.99. The molecule has 0 spiro atoms. The molecule has 3 aliphatic rings. The minimum atomic E-state index is 0.929. The number of rotatable bonds is 0. The average molecular weight is 557 g/mol. The summed E-state index contributed by atoms with van der Waals surface area (Å²) in [5.41, 5.74) is 6.14. The van der Waals surface area contributed by atoms with Crippen molar-refractivity contribution in [2.24, 2.45) is 23.7 Å². The smallest absolute Gasteiger partial charge is 0.0184 e. The monoisotopic (exact) mass is 556 g/mol. The third-order valence-electron chi connectivity index (χ3n) is 8.25. The number of thioether (sulfide) groups is 4. The zero-order valence-corrected chi connectivity index (χ0v) is 25.1. The largest absolute Gasteiger partial charge is 0.157 e. The van der Waals surface area contributed by atoms with Crippen LogP contribution in [0.3, 0.4) is 0 Å². The first-order valence-corrected chi connectivity index (χ1v) is 18.9. The van der Waals surface area contributed by atoms with Crippen molar-refractivity contribution in [3.63, 3.8) is 0 Å². The highest BCUT2D eigenvalue weighted by Gasteiger charge is 2.23. The van der Waals surface area contributed by atoms with Crippen LogP contribution in [0.25, 0.3) is 0 Å². The fourth-order valence-electron chi connectivity index (χ4n) is 6.40. The maximum atomic E-state index is 2.49. The van der Waals surface area contributed by atoms with E-state index in [0.717, 1.165) is 23.7 Å². The Morgan fingerprint density at radius 2 is 0.750 bits per heavy atom. The lowest BCUT2D eigenvalue weighted by molar-refractivity contribution is 0.309. The summed E-state index contributed by atoms with van der Waals surface area (Å²) in [5.74, 6) is 13.9. The van der Waals surface area contributed by atoms with E-state index in [4.69, 9.17) is 0 Å². The van der Waals surface area contributed by atoms with Crippen molar-refractivity contribution in [2.45, 2.75) is 74.4 Å². The topological polar surface area (TPSA) is 0 Å². The molecule has 4 atom stereocenters. The lowest BCUT2D eigenvalue weighted by Gasteiger charge is -2.29. The molecule has 2 aromatic carbocycles. The second-order valence-corrected chi connectivity index (χ2v) is 15.6. The average Bonchev–Trinajstić information content (AvgIpc) is 2.90. The van der Waals surface area contributed by atoms with Gasteiger partial charge in [0.05, 0.1) is 0 Å². The molecule has 36 heavy (non-hydrogen) atoms. The number of fused-ring (bicyclic) bond motifs is 8. The highest BCUT2D eigenvalue weighted by Crippen LogP contribution is 2.36. The van der Waals surface area contributed by atoms with Crippen LogP contribution < -0.4 is 0 Å². The van der Waals surface area contributed by atoms with Gasteiger partial charge in [-0.15, -0.1) is 0 Å². The van der Waals surface area contributed by atoms with Crippen molar-refractivity contribution < 1.29 is 0 Å². The summed E-state index contributed by atoms with van der Waals surface area (Å²) in [6.07, 6.45) is 11.6. The van der Waals surface area contributed by atoms with Crippen molar-refractivity contribution >= 4 is 47.0 Å². The van der Waals surface area contributed by atoms with Crippen LogP contribution in [-0.2, 0) is 23.0 Å². The molecule has 0 aromatic heterocycles. The molecule has 1 aliphatic heterocycles. The van der Waals surface area contributed by atoms with E-state index in [1.165, 1.54) is 120 Å². The predicted molar refractivity (Wildman–Crippen MR) is 168 cm³/mol. The van der Waals surface area contributed by atoms with E-state index in [1.807, 2.05) is 0 Å². The van der Waals surface area contributed by atoms with E-state index in [0.29, 0.717) is 0 Å². The van der Waals surface area contributed by atoms with Crippen molar-refractivity contribution in [3.8, 4) is 0 Å². The number of benzene rings is 2. The SMILES string of the molecule is c1cc2cc(c1)CSC[C@@H]1CCC[C@@H](CSCc3cccc(c3)CSC[C@H]3CCC[C@H](CSC2)C3)C1. The minimum Gasteiger partial charge on any atom is -0.157 e. The second kappa shape index (κ2) is 14.8. The Labute approximate surface area is 237 Å². The minimum absolute atomic E-state index is 0.929. The summed E-state index contributed by atoms with van der Waals surface area (Å²) < 4.78 is 0. The van der Waals surface area contributed by atoms with E-state index in [2.05, 4.69) is 95.6 Å². The van der Waals surface area contributed by atoms with E-state index < -0.39 is 0 Å². The van der Waals surface area contributed by atoms with Gasteiger partial charge in [-0.1, -0.05) is 61.4 Å². The molecule has 2 fully saturated rings. The van der Waals surface area contributed by atoms with Gasteiger partial charge < -0.3 is 0 Å². The number of hydrogen-bond acceptors (Lipinski definition) is 4. The third kappa shape index (κ3) is 8.95. The van der Waals surface area contributed by atoms with Gasteiger partial charge in [-0.2, -0.15) is 47.0 Å². The van der Waals surface area contributed by atoms with Crippen LogP contribution in [0.1, 0.15) is 73.6 Å². The molecule has 196 valence electrons. The van der Waals surface area contributed by atoms with Crippen LogP contribution in [0.5, 0.6) is 0 Å². The first-order valence-electron chi connectivity index (χ1n) is 14.3. The molecule has 1 heterocycles. The molecule has 2 aromatic rings. The van der Waals surface area contributed by atoms with E-state index >= 15 is 0 Å². The van der Waals surface area contributed by atoms with Crippen LogP contribution >= 0.6 is 47.0 Å². The van der Waals surface area contributed by atoms with Crippen LogP contribution in [-0.4, -0.2) is 23.0 Å². The standard InChI is InChI=1S/C32H44S4/c1-5-25-13-26(6-1)18-34-20-28-8-3-10-30(15-28)22-36-24-32-12-4-11-31(16-32)23-35-21-29-9-2-7-27(14-29)19-33-17-25/h1,4-6,11-13,16,27-30H,2-3,7-10,14-15,17-24H2/t27-,28+,29-,30+. The van der Waals surface area contributed by atoms with E-state index in [1.54, 1.807) is 0 Å². The second-order valence-electron chi connectivity index (χ2n) is 11.5. The Morgan fingerprint density at radius 3 is 1.06 bits per heavy atom. The molecule has 0 saturated heterocycles. The Morgan fingerprint density at radius 1 is 0.444 bits per heavy atom. The maximum Gasteiger partial charge on any atom is 0.0184 e. The Kier molecular flexibility index (Phi) is 11.3. The molecule has 2 saturated carbocycles. The van der Waals surface area contributed by atoms with Gasteiger partial charge in [0.25, 0.3) is 0 Å². The molecule has 8 bridgehead atoms. The zero-order chi connectivity index (χ0) is 24.4. The molecule has 0 nitrogen and oxygen atoms in total. The summed E-state index contributed by atoms with van der Waals surface area (Å²) >= 11 is 8.74. The zero-order valence-electron chi connectivity index (χ0n) is 21.9.